The fourth-order valence-corrected chi connectivity index (χ4v) is 6.87. The number of piperidine rings is 1. The summed E-state index contributed by atoms with van der Waals surface area (Å²) in [6.45, 7) is 3.16. The number of sulfonamides is 1. The molecule has 6 nitrogen and oxygen atoms in total. The second-order valence-corrected chi connectivity index (χ2v) is 11.2. The lowest BCUT2D eigenvalue weighted by atomic mass is 10.0. The van der Waals surface area contributed by atoms with Gasteiger partial charge in [0.2, 0.25) is 10.0 Å². The van der Waals surface area contributed by atoms with E-state index in [0.29, 0.717) is 29.7 Å². The lowest BCUT2D eigenvalue weighted by molar-refractivity contribution is 0.102. The van der Waals surface area contributed by atoms with Gasteiger partial charge in [0.1, 0.15) is 0 Å². The van der Waals surface area contributed by atoms with E-state index in [1.165, 1.54) is 29.0 Å². The molecule has 1 aromatic heterocycles. The summed E-state index contributed by atoms with van der Waals surface area (Å²) in [6.07, 6.45) is 2.76. The number of nitrogens with zero attached hydrogens (tertiary/aromatic N) is 2. The maximum absolute atomic E-state index is 12.9. The van der Waals surface area contributed by atoms with Crippen LogP contribution >= 0.6 is 11.3 Å². The van der Waals surface area contributed by atoms with Crippen LogP contribution < -0.4 is 5.32 Å². The predicted molar refractivity (Wildman–Crippen MR) is 122 cm³/mol. The molecule has 0 spiro atoms. The van der Waals surface area contributed by atoms with Gasteiger partial charge in [-0.2, -0.15) is 4.31 Å². The Labute approximate surface area is 186 Å². The number of hydrogen-bond acceptors (Lipinski definition) is 5. The molecule has 1 saturated heterocycles. The summed E-state index contributed by atoms with van der Waals surface area (Å²) in [6, 6.07) is 14.3. The molecule has 2 aromatic carbocycles. The van der Waals surface area contributed by atoms with E-state index in [4.69, 9.17) is 0 Å². The molecular weight excluding hydrogens is 430 g/mol. The highest BCUT2D eigenvalue weighted by Crippen LogP contribution is 2.40. The number of nitrogens with one attached hydrogen (secondary N) is 1. The van der Waals surface area contributed by atoms with Gasteiger partial charge in [-0.05, 0) is 48.6 Å². The zero-order valence-electron chi connectivity index (χ0n) is 17.2. The number of hydrogen-bond donors (Lipinski definition) is 1. The quantitative estimate of drug-likeness (QED) is 0.497. The first-order valence-electron chi connectivity index (χ1n) is 10.4. The number of carbonyl (C=O) groups excluding carboxylic acids is 1. The van der Waals surface area contributed by atoms with Gasteiger partial charge in [0.15, 0.2) is 5.13 Å². The number of benzene rings is 2. The van der Waals surface area contributed by atoms with Crippen molar-refractivity contribution < 1.29 is 13.2 Å². The molecule has 3 aromatic rings. The van der Waals surface area contributed by atoms with Gasteiger partial charge in [-0.1, -0.05) is 31.2 Å². The molecule has 1 N–H and O–H groups in total. The van der Waals surface area contributed by atoms with E-state index in [1.54, 1.807) is 16.4 Å². The van der Waals surface area contributed by atoms with E-state index >= 15 is 0 Å². The van der Waals surface area contributed by atoms with E-state index in [1.807, 2.05) is 12.1 Å². The molecule has 1 aliphatic carbocycles. The van der Waals surface area contributed by atoms with E-state index < -0.39 is 10.0 Å². The SMILES string of the molecule is C[C@H]1CCCN(S(=O)(=O)c2ccc(C(=O)Nc3nc4c(s3)Cc3ccccc3-4)cc2)C1. The van der Waals surface area contributed by atoms with Gasteiger partial charge in [0, 0.05) is 35.5 Å². The third-order valence-electron chi connectivity index (χ3n) is 5.92. The van der Waals surface area contributed by atoms with E-state index in [0.717, 1.165) is 35.4 Å². The molecule has 5 rings (SSSR count). The molecule has 8 heteroatoms. The van der Waals surface area contributed by atoms with E-state index in [9.17, 15) is 13.2 Å². The van der Waals surface area contributed by atoms with Crippen molar-refractivity contribution in [2.75, 3.05) is 18.4 Å². The summed E-state index contributed by atoms with van der Waals surface area (Å²) >= 11 is 1.48. The summed E-state index contributed by atoms with van der Waals surface area (Å²) in [7, 11) is -3.53. The van der Waals surface area contributed by atoms with Gasteiger partial charge >= 0.3 is 0 Å². The van der Waals surface area contributed by atoms with Crippen LogP contribution in [0.25, 0.3) is 11.3 Å². The highest BCUT2D eigenvalue weighted by molar-refractivity contribution is 7.89. The first-order chi connectivity index (χ1) is 14.9. The van der Waals surface area contributed by atoms with Gasteiger partial charge in [-0.15, -0.1) is 11.3 Å². The van der Waals surface area contributed by atoms with Crippen molar-refractivity contribution in [3.63, 3.8) is 0 Å². The molecule has 0 unspecified atom stereocenters. The summed E-state index contributed by atoms with van der Waals surface area (Å²) < 4.78 is 27.4. The maximum atomic E-state index is 12.9. The third-order valence-corrected chi connectivity index (χ3v) is 8.77. The molecule has 2 heterocycles. The summed E-state index contributed by atoms with van der Waals surface area (Å²) in [4.78, 5) is 18.7. The van der Waals surface area contributed by atoms with Gasteiger partial charge in [0.25, 0.3) is 5.91 Å². The fourth-order valence-electron chi connectivity index (χ4n) is 4.28. The van der Waals surface area contributed by atoms with Crippen molar-refractivity contribution in [2.45, 2.75) is 31.1 Å². The molecule has 0 saturated carbocycles. The maximum Gasteiger partial charge on any atom is 0.257 e. The van der Waals surface area contributed by atoms with Crippen LogP contribution in [-0.4, -0.2) is 36.7 Å². The van der Waals surface area contributed by atoms with Crippen LogP contribution in [0, 0.1) is 5.92 Å². The predicted octanol–water partition coefficient (Wildman–Crippen LogP) is 4.39. The minimum atomic E-state index is -3.53. The average Bonchev–Trinajstić information content (AvgIpc) is 3.31. The van der Waals surface area contributed by atoms with Crippen LogP contribution in [0.5, 0.6) is 0 Å². The Morgan fingerprint density at radius 3 is 2.71 bits per heavy atom. The summed E-state index contributed by atoms with van der Waals surface area (Å²) in [5, 5.41) is 3.41. The monoisotopic (exact) mass is 453 g/mol. The molecule has 160 valence electrons. The highest BCUT2D eigenvalue weighted by atomic mass is 32.2. The minimum Gasteiger partial charge on any atom is -0.298 e. The van der Waals surface area contributed by atoms with Gasteiger partial charge in [-0.3, -0.25) is 10.1 Å². The molecule has 1 fully saturated rings. The molecule has 2 aliphatic rings. The van der Waals surface area contributed by atoms with Gasteiger partial charge in [-0.25, -0.2) is 13.4 Å². The van der Waals surface area contributed by atoms with Crippen molar-refractivity contribution >= 4 is 32.4 Å². The molecular formula is C23H23N3O3S2. The Morgan fingerprint density at radius 1 is 1.16 bits per heavy atom. The number of rotatable bonds is 4. The highest BCUT2D eigenvalue weighted by Gasteiger charge is 2.29. The third kappa shape index (κ3) is 3.79. The number of aromatic nitrogens is 1. The largest absolute Gasteiger partial charge is 0.298 e. The van der Waals surface area contributed by atoms with Crippen LogP contribution in [0.2, 0.25) is 0 Å². The van der Waals surface area contributed by atoms with Crippen molar-refractivity contribution in [3.8, 4) is 11.3 Å². The second-order valence-electron chi connectivity index (χ2n) is 8.21. The summed E-state index contributed by atoms with van der Waals surface area (Å²) in [5.41, 5.74) is 3.72. The number of carbonyl (C=O) groups is 1. The topological polar surface area (TPSA) is 79.4 Å². The van der Waals surface area contributed by atoms with Crippen molar-refractivity contribution in [1.29, 1.82) is 0 Å². The Bertz CT molecular complexity index is 1250. The lowest BCUT2D eigenvalue weighted by Gasteiger charge is -2.30. The van der Waals surface area contributed by atoms with Crippen LogP contribution in [0.1, 0.15) is 40.6 Å². The average molecular weight is 454 g/mol. The molecule has 1 aliphatic heterocycles. The zero-order valence-corrected chi connectivity index (χ0v) is 18.8. The smallest absolute Gasteiger partial charge is 0.257 e. The normalized spacial score (nSPS) is 18.4. The molecule has 1 atom stereocenters. The summed E-state index contributed by atoms with van der Waals surface area (Å²) in [5.74, 6) is 0.0664. The first kappa shape index (κ1) is 20.4. The van der Waals surface area contributed by atoms with Crippen LogP contribution in [0.4, 0.5) is 5.13 Å². The Kier molecular flexibility index (Phi) is 5.16. The van der Waals surface area contributed by atoms with Crippen LogP contribution in [0.3, 0.4) is 0 Å². The Hall–Kier alpha value is -2.55. The van der Waals surface area contributed by atoms with E-state index in [-0.39, 0.29) is 10.8 Å². The van der Waals surface area contributed by atoms with Crippen LogP contribution in [0.15, 0.2) is 53.4 Å². The first-order valence-corrected chi connectivity index (χ1v) is 12.7. The zero-order chi connectivity index (χ0) is 21.6. The second kappa shape index (κ2) is 7.85. The Balaban J connectivity index is 1.30. The van der Waals surface area contributed by atoms with Crippen LogP contribution in [-0.2, 0) is 16.4 Å². The molecule has 0 bridgehead atoms. The number of amides is 1. The molecule has 1 amide bonds. The standard InChI is InChI=1S/C23H23N3O3S2/c1-15-5-4-12-26(14-15)31(28,29)18-10-8-16(9-11-18)22(27)25-23-24-21-19-7-3-2-6-17(19)13-20(21)30-23/h2-3,6-11,15H,4-5,12-14H2,1H3,(H,24,25,27)/t15-/m0/s1. The lowest BCUT2D eigenvalue weighted by Crippen LogP contribution is -2.39. The van der Waals surface area contributed by atoms with Crippen molar-refractivity contribution in [3.05, 3.63) is 64.5 Å². The Morgan fingerprint density at radius 2 is 1.94 bits per heavy atom. The van der Waals surface area contributed by atoms with Gasteiger partial charge in [0.05, 0.1) is 10.6 Å². The van der Waals surface area contributed by atoms with Gasteiger partial charge < -0.3 is 0 Å². The molecule has 31 heavy (non-hydrogen) atoms. The number of fused-ring (bicyclic) bond motifs is 3. The van der Waals surface area contributed by atoms with Crippen molar-refractivity contribution in [1.82, 2.24) is 9.29 Å². The van der Waals surface area contributed by atoms with E-state index in [2.05, 4.69) is 29.4 Å². The minimum absolute atomic E-state index is 0.225. The van der Waals surface area contributed by atoms with Crippen molar-refractivity contribution in [2.24, 2.45) is 5.92 Å². The number of anilines is 1. The number of thiazole rings is 1. The molecule has 0 radical (unpaired) electrons. The fraction of sp³-hybridized carbons (Fsp3) is 0.304.